The first-order chi connectivity index (χ1) is 14.3. The number of nitrogens with one attached hydrogen (secondary N) is 2. The zero-order chi connectivity index (χ0) is 22.1. The zero-order valence-electron chi connectivity index (χ0n) is 16.2. The van der Waals surface area contributed by atoms with Crippen molar-refractivity contribution in [2.75, 3.05) is 25.6 Å². The molecule has 0 saturated heterocycles. The summed E-state index contributed by atoms with van der Waals surface area (Å²) < 4.78 is 10.6. The van der Waals surface area contributed by atoms with Crippen LogP contribution in [0.25, 0.3) is 0 Å². The molecule has 30 heavy (non-hydrogen) atoms. The van der Waals surface area contributed by atoms with E-state index in [1.807, 2.05) is 0 Å². The first kappa shape index (κ1) is 22.8. The van der Waals surface area contributed by atoms with Crippen molar-refractivity contribution in [2.24, 2.45) is 0 Å². The highest BCUT2D eigenvalue weighted by Gasteiger charge is 2.19. The minimum atomic E-state index is -0.915. The van der Waals surface area contributed by atoms with E-state index in [0.717, 1.165) is 0 Å². The lowest BCUT2D eigenvalue weighted by molar-refractivity contribution is -0.757. The molecule has 1 unspecified atom stereocenters. The van der Waals surface area contributed by atoms with E-state index < -0.39 is 22.9 Å². The van der Waals surface area contributed by atoms with E-state index >= 15 is 0 Å². The quantitative estimate of drug-likeness (QED) is 0.332. The Morgan fingerprint density at radius 1 is 1.20 bits per heavy atom. The summed E-state index contributed by atoms with van der Waals surface area (Å²) in [6.45, 7) is 1.21. The van der Waals surface area contributed by atoms with Crippen LogP contribution in [0.3, 0.4) is 0 Å². The summed E-state index contributed by atoms with van der Waals surface area (Å²) in [5, 5.41) is 14.7. The summed E-state index contributed by atoms with van der Waals surface area (Å²) in [4.78, 5) is 39.2. The van der Waals surface area contributed by atoms with Gasteiger partial charge < -0.3 is 24.9 Å². The second-order valence-electron chi connectivity index (χ2n) is 5.93. The maximum Gasteiger partial charge on any atom is 0.294 e. The van der Waals surface area contributed by atoms with Crippen molar-refractivity contribution >= 4 is 29.1 Å². The van der Waals surface area contributed by atoms with E-state index in [4.69, 9.17) is 21.1 Å². The Bertz CT molecular complexity index is 923. The van der Waals surface area contributed by atoms with Gasteiger partial charge in [0, 0.05) is 6.07 Å². The molecule has 11 heteroatoms. The Hall–Kier alpha value is -3.53. The normalized spacial score (nSPS) is 11.2. The second-order valence-corrected chi connectivity index (χ2v) is 6.34. The van der Waals surface area contributed by atoms with Gasteiger partial charge in [0.05, 0.1) is 23.4 Å². The summed E-state index contributed by atoms with van der Waals surface area (Å²) in [5.74, 6) is -0.284. The van der Waals surface area contributed by atoms with Crippen molar-refractivity contribution in [3.8, 4) is 11.5 Å². The fourth-order valence-corrected chi connectivity index (χ4v) is 2.59. The molecule has 160 valence electrons. The molecule has 0 heterocycles. The van der Waals surface area contributed by atoms with Gasteiger partial charge in [-0.15, -0.1) is 10.1 Å². The first-order valence-corrected chi connectivity index (χ1v) is 9.14. The van der Waals surface area contributed by atoms with Crippen LogP contribution in [-0.2, 0) is 9.63 Å². The van der Waals surface area contributed by atoms with Crippen molar-refractivity contribution in [1.82, 2.24) is 5.32 Å². The largest absolute Gasteiger partial charge is 0.495 e. The highest BCUT2D eigenvalue weighted by atomic mass is 35.5. The molecule has 2 amide bonds. The molecule has 0 radical (unpaired) electrons. The highest BCUT2D eigenvalue weighted by molar-refractivity contribution is 6.33. The monoisotopic (exact) mass is 437 g/mol. The molecule has 0 aliphatic carbocycles. The van der Waals surface area contributed by atoms with E-state index in [9.17, 15) is 19.7 Å². The Balaban J connectivity index is 2.01. The topological polar surface area (TPSA) is 129 Å². The summed E-state index contributed by atoms with van der Waals surface area (Å²) in [6, 6.07) is 10.2. The van der Waals surface area contributed by atoms with Crippen molar-refractivity contribution in [1.29, 1.82) is 0 Å². The predicted octanol–water partition coefficient (Wildman–Crippen LogP) is 2.69. The molecule has 1 atom stereocenters. The third kappa shape index (κ3) is 6.52. The number of hydrogen-bond acceptors (Lipinski definition) is 7. The number of hydrogen-bond donors (Lipinski definition) is 2. The number of ether oxygens (including phenoxy) is 2. The van der Waals surface area contributed by atoms with E-state index in [2.05, 4.69) is 15.5 Å². The molecule has 0 aromatic heterocycles. The lowest BCUT2D eigenvalue weighted by Gasteiger charge is -2.17. The zero-order valence-corrected chi connectivity index (χ0v) is 17.0. The molecular weight excluding hydrogens is 418 g/mol. The average Bonchev–Trinajstić information content (AvgIpc) is 2.71. The van der Waals surface area contributed by atoms with Gasteiger partial charge >= 0.3 is 0 Å². The Kier molecular flexibility index (Phi) is 8.24. The lowest BCUT2D eigenvalue weighted by atomic mass is 10.2. The van der Waals surface area contributed by atoms with E-state index in [-0.39, 0.29) is 23.8 Å². The smallest absolute Gasteiger partial charge is 0.294 e. The van der Waals surface area contributed by atoms with Gasteiger partial charge in [0.25, 0.3) is 11.0 Å². The Morgan fingerprint density at radius 2 is 1.93 bits per heavy atom. The number of carbonyl (C=O) groups is 2. The number of methoxy groups -OCH3 is 1. The lowest BCUT2D eigenvalue weighted by Crippen LogP contribution is -2.41. The number of amides is 2. The van der Waals surface area contributed by atoms with Crippen LogP contribution in [0.2, 0.25) is 5.02 Å². The van der Waals surface area contributed by atoms with Gasteiger partial charge in [-0.2, -0.15) is 0 Å². The van der Waals surface area contributed by atoms with Crippen molar-refractivity contribution in [3.63, 3.8) is 0 Å². The fourth-order valence-electron chi connectivity index (χ4n) is 2.37. The summed E-state index contributed by atoms with van der Waals surface area (Å²) >= 11 is 6.00. The van der Waals surface area contributed by atoms with Crippen LogP contribution in [0.4, 0.5) is 5.69 Å². The summed E-state index contributed by atoms with van der Waals surface area (Å²) in [5.41, 5.74) is 0.553. The third-order valence-corrected chi connectivity index (χ3v) is 4.17. The fraction of sp³-hybridized carbons (Fsp3) is 0.263. The Morgan fingerprint density at radius 3 is 2.60 bits per heavy atom. The Labute approximate surface area is 177 Å². The van der Waals surface area contributed by atoms with Gasteiger partial charge in [-0.25, -0.2) is 0 Å². The molecule has 0 aliphatic rings. The van der Waals surface area contributed by atoms with Gasteiger partial charge in [0.2, 0.25) is 5.91 Å². The summed E-state index contributed by atoms with van der Waals surface area (Å²) in [7, 11) is 1.43. The molecule has 2 aromatic rings. The number of anilines is 1. The minimum absolute atomic E-state index is 0.0645. The number of carbonyl (C=O) groups excluding carboxylic acids is 2. The predicted molar refractivity (Wildman–Crippen MR) is 108 cm³/mol. The standard InChI is InChI=1S/C19H20ClN3O7/c1-12(21-19(25)14-5-3-4-6-15(14)20)18(24)22-16-11-13(7-8-17(16)28-2)29-9-10-30-23(26)27/h3-8,11-12H,9-10H2,1-2H3,(H,21,25)(H,22,24). The molecule has 10 nitrogen and oxygen atoms in total. The van der Waals surface area contributed by atoms with Crippen molar-refractivity contribution < 1.29 is 29.0 Å². The average molecular weight is 438 g/mol. The van der Waals surface area contributed by atoms with Gasteiger partial charge in [0.1, 0.15) is 30.8 Å². The van der Waals surface area contributed by atoms with Crippen LogP contribution in [0.5, 0.6) is 11.5 Å². The van der Waals surface area contributed by atoms with Crippen molar-refractivity contribution in [3.05, 3.63) is 63.2 Å². The molecule has 0 aliphatic heterocycles. The maximum absolute atomic E-state index is 12.5. The highest BCUT2D eigenvalue weighted by Crippen LogP contribution is 2.29. The third-order valence-electron chi connectivity index (χ3n) is 3.84. The van der Waals surface area contributed by atoms with Crippen LogP contribution >= 0.6 is 11.6 Å². The maximum atomic E-state index is 12.5. The molecule has 0 spiro atoms. The minimum Gasteiger partial charge on any atom is -0.495 e. The van der Waals surface area contributed by atoms with Gasteiger partial charge in [-0.1, -0.05) is 23.7 Å². The SMILES string of the molecule is COc1ccc(OCCO[N+](=O)[O-])cc1NC(=O)C(C)NC(=O)c1ccccc1Cl. The van der Waals surface area contributed by atoms with E-state index in [1.165, 1.54) is 20.1 Å². The van der Waals surface area contributed by atoms with Gasteiger partial charge in [-0.05, 0) is 31.2 Å². The van der Waals surface area contributed by atoms with Crippen LogP contribution < -0.4 is 20.1 Å². The molecule has 2 rings (SSSR count). The first-order valence-electron chi connectivity index (χ1n) is 8.76. The van der Waals surface area contributed by atoms with Crippen LogP contribution in [0, 0.1) is 10.1 Å². The second kappa shape index (κ2) is 10.9. The summed E-state index contributed by atoms with van der Waals surface area (Å²) in [6.07, 6.45) is 0. The molecule has 0 bridgehead atoms. The van der Waals surface area contributed by atoms with Crippen molar-refractivity contribution in [2.45, 2.75) is 13.0 Å². The van der Waals surface area contributed by atoms with E-state index in [1.54, 1.807) is 36.4 Å². The molecule has 2 N–H and O–H groups in total. The number of halogens is 1. The van der Waals surface area contributed by atoms with Crippen LogP contribution in [-0.4, -0.2) is 43.3 Å². The van der Waals surface area contributed by atoms with Gasteiger partial charge in [-0.3, -0.25) is 9.59 Å². The number of rotatable bonds is 10. The van der Waals surface area contributed by atoms with Gasteiger partial charge in [0.15, 0.2) is 0 Å². The molecule has 2 aromatic carbocycles. The number of benzene rings is 2. The van der Waals surface area contributed by atoms with Crippen LogP contribution in [0.1, 0.15) is 17.3 Å². The molecule has 0 fully saturated rings. The van der Waals surface area contributed by atoms with Crippen LogP contribution in [0.15, 0.2) is 42.5 Å². The van der Waals surface area contributed by atoms with E-state index in [0.29, 0.717) is 17.2 Å². The number of nitrogens with zero attached hydrogens (tertiary/aromatic N) is 1. The molecular formula is C19H20ClN3O7. The molecule has 0 saturated carbocycles.